The normalized spacial score (nSPS) is 15.7. The number of carbonyl (C=O) groups excluding carboxylic acids is 1. The molecule has 0 saturated carbocycles. The van der Waals surface area contributed by atoms with Crippen LogP contribution in [0.1, 0.15) is 0 Å². The summed E-state index contributed by atoms with van der Waals surface area (Å²) in [5.74, 6) is -0.194. The topological polar surface area (TPSA) is 29.4 Å². The van der Waals surface area contributed by atoms with E-state index < -0.39 is 0 Å². The van der Waals surface area contributed by atoms with Crippen molar-refractivity contribution in [3.63, 3.8) is 0 Å². The highest BCUT2D eigenvalue weighted by molar-refractivity contribution is 7.97. The minimum atomic E-state index is -0.194. The largest absolute Gasteiger partial charge is 0.289 e. The molecular formula is C3HNOS. The molecule has 1 rings (SSSR count). The molecule has 1 amide bonds. The molecular weight excluding hydrogens is 98.1 g/mol. The van der Waals surface area contributed by atoms with Crippen LogP contribution in [-0.2, 0) is 4.79 Å². The fourth-order valence-corrected chi connectivity index (χ4v) is 0.523. The van der Waals surface area contributed by atoms with Crippen molar-refractivity contribution in [1.29, 1.82) is 0 Å². The molecule has 3 heteroatoms. The third-order valence-corrected chi connectivity index (χ3v) is 0.884. The van der Waals surface area contributed by atoms with Crippen LogP contribution in [-0.4, -0.2) is 16.4 Å². The van der Waals surface area contributed by atoms with E-state index in [1.54, 1.807) is 0 Å². The van der Waals surface area contributed by atoms with Crippen molar-refractivity contribution in [1.82, 2.24) is 0 Å². The Kier molecular flexibility index (Phi) is 0.708. The Morgan fingerprint density at radius 1 is 2.00 bits per heavy atom. The molecule has 30 valence electrons. The molecule has 0 saturated heterocycles. The van der Waals surface area contributed by atoms with E-state index in [-0.39, 0.29) is 5.91 Å². The van der Waals surface area contributed by atoms with Gasteiger partial charge in [-0.3, -0.25) is 4.79 Å². The monoisotopic (exact) mass is 99.0 g/mol. The fourth-order valence-electron chi connectivity index (χ4n) is 0.174. The molecule has 0 aromatic carbocycles. The minimum absolute atomic E-state index is 0.194. The Balaban J connectivity index is 3.19. The number of isothiocyanates is 1. The summed E-state index contributed by atoms with van der Waals surface area (Å²) in [6.07, 6.45) is 0. The molecule has 0 radical (unpaired) electrons. The van der Waals surface area contributed by atoms with Gasteiger partial charge in [-0.25, -0.2) is 0 Å². The van der Waals surface area contributed by atoms with Crippen LogP contribution in [0.15, 0.2) is 4.99 Å². The highest BCUT2D eigenvalue weighted by atomic mass is 32.1. The molecule has 1 heterocycles. The van der Waals surface area contributed by atoms with E-state index in [4.69, 9.17) is 0 Å². The molecule has 0 bridgehead atoms. The zero-order valence-corrected chi connectivity index (χ0v) is 3.66. The Hall–Kier alpha value is -0.660. The number of hydrogen-bond donors (Lipinski definition) is 0. The highest BCUT2D eigenvalue weighted by Gasteiger charge is 1.87. The van der Waals surface area contributed by atoms with E-state index in [2.05, 4.69) is 10.2 Å². The lowest BCUT2D eigenvalue weighted by molar-refractivity contribution is -0.111. The second-order valence-electron chi connectivity index (χ2n) is 0.777. The predicted molar refractivity (Wildman–Crippen MR) is 26.1 cm³/mol. The lowest BCUT2D eigenvalue weighted by atomic mass is 10.8. The summed E-state index contributed by atoms with van der Waals surface area (Å²) in [5, 5.41) is 3.81. The van der Waals surface area contributed by atoms with Crippen LogP contribution >= 0.6 is 10.9 Å². The molecule has 6 heavy (non-hydrogen) atoms. The average molecular weight is 99.1 g/mol. The van der Waals surface area contributed by atoms with Gasteiger partial charge < -0.3 is 0 Å². The van der Waals surface area contributed by atoms with E-state index >= 15 is 0 Å². The summed E-state index contributed by atoms with van der Waals surface area (Å²) in [6.45, 7) is 0. The van der Waals surface area contributed by atoms with Gasteiger partial charge in [0, 0.05) is 0 Å². The Bertz CT molecular complexity index is 153. The highest BCUT2D eigenvalue weighted by Crippen LogP contribution is 1.75. The van der Waals surface area contributed by atoms with E-state index in [1.807, 2.05) is 0 Å². The van der Waals surface area contributed by atoms with Crippen molar-refractivity contribution in [2.24, 2.45) is 4.99 Å². The quantitative estimate of drug-likeness (QED) is 0.392. The molecule has 2 nitrogen and oxygen atoms in total. The van der Waals surface area contributed by atoms with E-state index in [0.717, 1.165) is 0 Å². The van der Waals surface area contributed by atoms with Crippen LogP contribution in [0.2, 0.25) is 0 Å². The molecule has 0 spiro atoms. The fraction of sp³-hybridized carbons (Fsp3) is 0. The second-order valence-corrected chi connectivity index (χ2v) is 1.43. The third-order valence-electron chi connectivity index (χ3n) is 0.368. The standard InChI is InChI=1S/C3HNOS/c5-3-1-6-2-4-3/h1H. The predicted octanol–water partition coefficient (Wildman–Crippen LogP) is -0.0327. The van der Waals surface area contributed by atoms with Gasteiger partial charge >= 0.3 is 0 Å². The van der Waals surface area contributed by atoms with Gasteiger partial charge in [0.1, 0.15) is 0 Å². The first-order valence-corrected chi connectivity index (χ1v) is 2.26. The van der Waals surface area contributed by atoms with Gasteiger partial charge in [0.2, 0.25) is 0 Å². The number of hydrogen-bond acceptors (Lipinski definition) is 1. The molecule has 0 atom stereocenters. The molecule has 0 N–H and O–H groups in total. The molecule has 1 aliphatic heterocycles. The number of rotatable bonds is 0. The SMILES string of the molecule is O=C1C=S=C=N1. The first-order chi connectivity index (χ1) is 2.89. The summed E-state index contributed by atoms with van der Waals surface area (Å²) in [6, 6.07) is 0. The van der Waals surface area contributed by atoms with Gasteiger partial charge in [0.05, 0.1) is 10.5 Å². The van der Waals surface area contributed by atoms with Crippen molar-refractivity contribution < 1.29 is 4.79 Å². The molecule has 0 aromatic heterocycles. The first-order valence-electron chi connectivity index (χ1n) is 1.38. The smallest absolute Gasteiger partial charge is 0.266 e. The van der Waals surface area contributed by atoms with Crippen LogP contribution in [0.25, 0.3) is 0 Å². The zero-order chi connectivity index (χ0) is 4.41. The van der Waals surface area contributed by atoms with Crippen LogP contribution in [0.4, 0.5) is 0 Å². The Morgan fingerprint density at radius 2 is 2.83 bits per heavy atom. The van der Waals surface area contributed by atoms with Gasteiger partial charge in [0.25, 0.3) is 5.91 Å². The van der Waals surface area contributed by atoms with Gasteiger partial charge in [0.15, 0.2) is 0 Å². The summed E-state index contributed by atoms with van der Waals surface area (Å²) in [5.41, 5.74) is 0. The summed E-state index contributed by atoms with van der Waals surface area (Å²) in [4.78, 5) is 13.2. The number of amides is 1. The van der Waals surface area contributed by atoms with Crippen molar-refractivity contribution in [2.45, 2.75) is 0 Å². The van der Waals surface area contributed by atoms with Crippen molar-refractivity contribution in [2.75, 3.05) is 0 Å². The maximum Gasteiger partial charge on any atom is 0.289 e. The van der Waals surface area contributed by atoms with E-state index in [9.17, 15) is 4.79 Å². The Morgan fingerprint density at radius 3 is 3.00 bits per heavy atom. The summed E-state index contributed by atoms with van der Waals surface area (Å²) < 4.78 is 0. The minimum Gasteiger partial charge on any atom is -0.266 e. The summed E-state index contributed by atoms with van der Waals surface area (Å²) in [7, 11) is 1.19. The zero-order valence-electron chi connectivity index (χ0n) is 2.84. The molecule has 0 aliphatic carbocycles. The van der Waals surface area contributed by atoms with Crippen LogP contribution in [0.5, 0.6) is 0 Å². The van der Waals surface area contributed by atoms with Gasteiger partial charge in [-0.2, -0.15) is 4.99 Å². The van der Waals surface area contributed by atoms with Crippen LogP contribution in [0, 0.1) is 0 Å². The Labute approximate surface area is 38.1 Å². The first kappa shape index (κ1) is 3.53. The maximum atomic E-state index is 9.94. The van der Waals surface area contributed by atoms with E-state index in [1.165, 1.54) is 16.3 Å². The van der Waals surface area contributed by atoms with Gasteiger partial charge in [-0.05, 0) is 0 Å². The van der Waals surface area contributed by atoms with Gasteiger partial charge in [-0.15, -0.1) is 0 Å². The third kappa shape index (κ3) is 0.455. The maximum absolute atomic E-state index is 9.94. The van der Waals surface area contributed by atoms with E-state index in [0.29, 0.717) is 0 Å². The average Bonchev–Trinajstić information content (AvgIpc) is 1.86. The number of nitrogens with zero attached hydrogens (tertiary/aromatic N) is 1. The van der Waals surface area contributed by atoms with Crippen LogP contribution < -0.4 is 0 Å². The second kappa shape index (κ2) is 1.20. The number of carbonyl (C=O) groups is 1. The van der Waals surface area contributed by atoms with Crippen molar-refractivity contribution >= 4 is 27.4 Å². The van der Waals surface area contributed by atoms with Gasteiger partial charge in [-0.1, -0.05) is 10.9 Å². The molecule has 1 aliphatic rings. The number of aliphatic imine (C=N–C) groups is 1. The lowest BCUT2D eigenvalue weighted by Crippen LogP contribution is -1.84. The molecule has 0 fully saturated rings. The van der Waals surface area contributed by atoms with Crippen molar-refractivity contribution in [3.05, 3.63) is 0 Å². The van der Waals surface area contributed by atoms with Crippen molar-refractivity contribution in [3.8, 4) is 0 Å². The van der Waals surface area contributed by atoms with Crippen LogP contribution in [0.3, 0.4) is 0 Å². The molecule has 0 unspecified atom stereocenters. The lowest BCUT2D eigenvalue weighted by Gasteiger charge is -1.59. The molecule has 0 aromatic rings. The summed E-state index contributed by atoms with van der Waals surface area (Å²) >= 11 is 0.